The molecule has 0 aromatic carbocycles. The first kappa shape index (κ1) is 42.6. The SMILES string of the molecule is CCOC(=S)SCC(C)C(=O)OCC(COC(=O)CC)(COC(=O)C(C)SC(=S)OCC)COC(=O)C(C)SC(=S)OCC. The van der Waals surface area contributed by atoms with E-state index in [4.69, 9.17) is 69.8 Å². The van der Waals surface area contributed by atoms with Crippen LogP contribution in [0.4, 0.5) is 0 Å². The van der Waals surface area contributed by atoms with Gasteiger partial charge in [-0.3, -0.25) is 19.2 Å². The van der Waals surface area contributed by atoms with Crippen LogP contribution < -0.4 is 0 Å². The molecular weight excluding hydrogens is 693 g/mol. The number of carbonyl (C=O) groups excluding carboxylic acids is 4. The van der Waals surface area contributed by atoms with Gasteiger partial charge >= 0.3 is 23.9 Å². The Morgan fingerprint density at radius 2 is 0.977 bits per heavy atom. The predicted octanol–water partition coefficient (Wildman–Crippen LogP) is 5.13. The highest BCUT2D eigenvalue weighted by Gasteiger charge is 2.39. The van der Waals surface area contributed by atoms with Crippen LogP contribution in [0.1, 0.15) is 54.9 Å². The smallest absolute Gasteiger partial charge is 0.319 e. The summed E-state index contributed by atoms with van der Waals surface area (Å²) in [6.07, 6.45) is 0.0640. The molecule has 3 unspecified atom stereocenters. The summed E-state index contributed by atoms with van der Waals surface area (Å²) in [4.78, 5) is 50.8. The van der Waals surface area contributed by atoms with Crippen molar-refractivity contribution < 1.29 is 52.3 Å². The zero-order valence-electron chi connectivity index (χ0n) is 26.0. The van der Waals surface area contributed by atoms with Crippen LogP contribution in [0.15, 0.2) is 0 Å². The van der Waals surface area contributed by atoms with Gasteiger partial charge in [0.25, 0.3) is 0 Å². The molecule has 0 fully saturated rings. The monoisotopic (exact) mass is 734 g/mol. The predicted molar refractivity (Wildman–Crippen MR) is 185 cm³/mol. The second kappa shape index (κ2) is 23.9. The highest BCUT2D eigenvalue weighted by atomic mass is 32.2. The minimum absolute atomic E-state index is 0.0640. The lowest BCUT2D eigenvalue weighted by Crippen LogP contribution is -2.45. The number of thioether (sulfide) groups is 3. The van der Waals surface area contributed by atoms with Crippen molar-refractivity contribution >= 4 is 109 Å². The minimum Gasteiger partial charge on any atom is -0.479 e. The van der Waals surface area contributed by atoms with E-state index in [0.29, 0.717) is 30.0 Å². The van der Waals surface area contributed by atoms with Crippen LogP contribution in [0, 0.1) is 11.3 Å². The molecule has 0 saturated heterocycles. The molecule has 0 amide bonds. The van der Waals surface area contributed by atoms with Crippen LogP contribution in [-0.4, -0.2) is 99.5 Å². The quantitative estimate of drug-likeness (QED) is 0.0985. The summed E-state index contributed by atoms with van der Waals surface area (Å²) in [6.45, 7) is 11.3. The molecule has 0 aromatic heterocycles. The fraction of sp³-hybridized carbons (Fsp3) is 0.741. The molecule has 252 valence electrons. The topological polar surface area (TPSA) is 133 Å². The van der Waals surface area contributed by atoms with Crippen LogP contribution in [0.3, 0.4) is 0 Å². The van der Waals surface area contributed by atoms with Crippen LogP contribution in [-0.2, 0) is 52.3 Å². The molecule has 44 heavy (non-hydrogen) atoms. The first-order valence-corrected chi connectivity index (χ1v) is 17.8. The lowest BCUT2D eigenvalue weighted by Gasteiger charge is -2.32. The van der Waals surface area contributed by atoms with Gasteiger partial charge in [-0.2, -0.15) is 0 Å². The molecule has 0 spiro atoms. The summed E-state index contributed by atoms with van der Waals surface area (Å²) in [5.41, 5.74) is -1.44. The Balaban J connectivity index is 5.93. The molecule has 0 saturated carbocycles. The molecule has 0 aliphatic carbocycles. The molecule has 11 nitrogen and oxygen atoms in total. The fourth-order valence-electron chi connectivity index (χ4n) is 2.74. The van der Waals surface area contributed by atoms with Crippen LogP contribution in [0.5, 0.6) is 0 Å². The number of thiocarbonyl (C=S) groups is 3. The molecule has 0 aliphatic heterocycles. The van der Waals surface area contributed by atoms with Crippen molar-refractivity contribution in [1.82, 2.24) is 0 Å². The van der Waals surface area contributed by atoms with E-state index in [0.717, 1.165) is 23.5 Å². The Hall–Kier alpha value is -1.40. The molecule has 0 heterocycles. The van der Waals surface area contributed by atoms with Gasteiger partial charge in [-0.15, -0.1) is 0 Å². The maximum absolute atomic E-state index is 12.9. The highest BCUT2D eigenvalue weighted by molar-refractivity contribution is 8.23. The summed E-state index contributed by atoms with van der Waals surface area (Å²) in [6, 6.07) is 0. The van der Waals surface area contributed by atoms with Gasteiger partial charge in [-0.1, -0.05) is 49.1 Å². The van der Waals surface area contributed by atoms with Crippen LogP contribution >= 0.6 is 71.9 Å². The van der Waals surface area contributed by atoms with Gasteiger partial charge in [0.1, 0.15) is 42.3 Å². The zero-order valence-corrected chi connectivity index (χ0v) is 30.9. The first-order chi connectivity index (χ1) is 20.7. The van der Waals surface area contributed by atoms with E-state index in [2.05, 4.69) is 0 Å². The normalized spacial score (nSPS) is 14.1. The van der Waals surface area contributed by atoms with Crippen molar-refractivity contribution in [1.29, 1.82) is 0 Å². The molecule has 0 aliphatic rings. The third kappa shape index (κ3) is 18.5. The maximum atomic E-state index is 12.9. The van der Waals surface area contributed by atoms with Gasteiger partial charge < -0.3 is 33.2 Å². The van der Waals surface area contributed by atoms with Crippen molar-refractivity contribution in [3.05, 3.63) is 0 Å². The summed E-state index contributed by atoms with van der Waals surface area (Å²) in [5.74, 6) is -2.74. The second-order valence-electron chi connectivity index (χ2n) is 9.12. The van der Waals surface area contributed by atoms with E-state index in [1.807, 2.05) is 0 Å². The average Bonchev–Trinajstić information content (AvgIpc) is 2.98. The van der Waals surface area contributed by atoms with Gasteiger partial charge in [-0.05, 0) is 71.3 Å². The number of carbonyl (C=O) groups is 4. The Kier molecular flexibility index (Phi) is 23.1. The van der Waals surface area contributed by atoms with Crippen LogP contribution in [0.2, 0.25) is 0 Å². The lowest BCUT2D eigenvalue weighted by molar-refractivity contribution is -0.171. The third-order valence-electron chi connectivity index (χ3n) is 5.24. The molecule has 0 radical (unpaired) electrons. The van der Waals surface area contributed by atoms with Crippen molar-refractivity contribution in [2.75, 3.05) is 52.0 Å². The van der Waals surface area contributed by atoms with Gasteiger partial charge in [0.2, 0.25) is 13.1 Å². The summed E-state index contributed by atoms with van der Waals surface area (Å²) >= 11 is 18.5. The number of rotatable bonds is 19. The molecule has 0 N–H and O–H groups in total. The summed E-state index contributed by atoms with van der Waals surface area (Å²) < 4.78 is 38.5. The average molecular weight is 735 g/mol. The molecule has 0 rings (SSSR count). The summed E-state index contributed by atoms with van der Waals surface area (Å²) in [5, 5.41) is -1.48. The van der Waals surface area contributed by atoms with E-state index < -0.39 is 65.5 Å². The highest BCUT2D eigenvalue weighted by Crippen LogP contribution is 2.26. The molecule has 17 heteroatoms. The number of hydrogen-bond donors (Lipinski definition) is 0. The van der Waals surface area contributed by atoms with Crippen molar-refractivity contribution in [3.63, 3.8) is 0 Å². The van der Waals surface area contributed by atoms with Gasteiger partial charge in [0.05, 0.1) is 25.7 Å². The van der Waals surface area contributed by atoms with E-state index in [1.165, 1.54) is 11.8 Å². The molecule has 0 aromatic rings. The Morgan fingerprint density at radius 3 is 1.39 bits per heavy atom. The number of esters is 4. The van der Waals surface area contributed by atoms with Gasteiger partial charge in [0.15, 0.2) is 0 Å². The lowest BCUT2D eigenvalue weighted by atomic mass is 9.92. The standard InChI is InChI=1S/C27H42O11S6/c1-8-20(28)35-13-27(15-37-22(30)18(6)43-25(40)33-10-3,16-38-23(31)19(7)44-26(41)34-11-4)14-36-21(29)17(5)12-42-24(39)32-9-2/h17-19H,8-16H2,1-7H3. The van der Waals surface area contributed by atoms with Crippen molar-refractivity contribution in [2.45, 2.75) is 65.4 Å². The van der Waals surface area contributed by atoms with Crippen LogP contribution in [0.25, 0.3) is 0 Å². The third-order valence-corrected chi connectivity index (χ3v) is 9.26. The number of hydrogen-bond acceptors (Lipinski definition) is 17. The van der Waals surface area contributed by atoms with E-state index in [9.17, 15) is 19.2 Å². The Labute approximate surface area is 288 Å². The van der Waals surface area contributed by atoms with E-state index in [-0.39, 0.29) is 21.8 Å². The first-order valence-electron chi connectivity index (χ1n) is 13.9. The zero-order chi connectivity index (χ0) is 33.7. The van der Waals surface area contributed by atoms with Crippen molar-refractivity contribution in [2.24, 2.45) is 11.3 Å². The van der Waals surface area contributed by atoms with Gasteiger partial charge in [0, 0.05) is 12.2 Å². The Morgan fingerprint density at radius 1 is 0.591 bits per heavy atom. The molecule has 3 atom stereocenters. The number of ether oxygens (including phenoxy) is 7. The second-order valence-corrected chi connectivity index (χ2v) is 14.6. The Bertz CT molecular complexity index is 936. The molecular formula is C27H42O11S6. The van der Waals surface area contributed by atoms with Crippen molar-refractivity contribution in [3.8, 4) is 0 Å². The fourth-order valence-corrected chi connectivity index (χ4v) is 6.17. The molecule has 0 bridgehead atoms. The van der Waals surface area contributed by atoms with E-state index in [1.54, 1.807) is 48.5 Å². The van der Waals surface area contributed by atoms with Gasteiger partial charge in [-0.25, -0.2) is 0 Å². The van der Waals surface area contributed by atoms with E-state index >= 15 is 0 Å². The maximum Gasteiger partial charge on any atom is 0.319 e. The summed E-state index contributed by atoms with van der Waals surface area (Å²) in [7, 11) is 0. The minimum atomic E-state index is -1.44. The largest absolute Gasteiger partial charge is 0.479 e.